The molecule has 0 saturated carbocycles. The number of hydrogen-bond acceptors (Lipinski definition) is 8. The Balaban J connectivity index is 4.09. The number of phosphoric ester groups is 1. The monoisotopic (exact) mass is 1090 g/mol. The molecule has 0 aromatic rings. The lowest BCUT2D eigenvalue weighted by Gasteiger charge is -2.28. The number of hydrogen-bond donors (Lipinski definition) is 0. The van der Waals surface area contributed by atoms with Gasteiger partial charge in [0.15, 0.2) is 6.10 Å². The van der Waals surface area contributed by atoms with E-state index in [9.17, 15) is 19.0 Å². The van der Waals surface area contributed by atoms with Crippen molar-refractivity contribution in [3.05, 3.63) is 48.6 Å². The summed E-state index contributed by atoms with van der Waals surface area (Å²) in [6, 6.07) is 0. The number of nitrogens with zero attached hydrogens (tertiary/aromatic N) is 1. The third-order valence-corrected chi connectivity index (χ3v) is 15.3. The van der Waals surface area contributed by atoms with E-state index in [-0.39, 0.29) is 32.0 Å². The van der Waals surface area contributed by atoms with Crippen LogP contribution in [0.15, 0.2) is 48.6 Å². The molecule has 0 aromatic carbocycles. The summed E-state index contributed by atoms with van der Waals surface area (Å²) in [5, 5.41) is 0. The average molecular weight is 1090 g/mol. The van der Waals surface area contributed by atoms with Crippen LogP contribution in [0.3, 0.4) is 0 Å². The molecule has 0 rings (SSSR count). The number of likely N-dealkylation sites (N-methyl/N-ethyl adjacent to an activating group) is 1. The van der Waals surface area contributed by atoms with Crippen molar-refractivity contribution in [2.24, 2.45) is 0 Å². The maximum atomic E-state index is 12.8. The normalized spacial score (nSPS) is 13.5. The van der Waals surface area contributed by atoms with E-state index < -0.39 is 26.5 Å². The third-order valence-electron chi connectivity index (χ3n) is 14.3. The number of ether oxygens (including phenoxy) is 2. The molecule has 0 amide bonds. The minimum absolute atomic E-state index is 0.0308. The summed E-state index contributed by atoms with van der Waals surface area (Å²) >= 11 is 0. The van der Waals surface area contributed by atoms with Gasteiger partial charge in [-0.25, -0.2) is 0 Å². The van der Waals surface area contributed by atoms with Gasteiger partial charge in [0.2, 0.25) is 0 Å². The summed E-state index contributed by atoms with van der Waals surface area (Å²) in [5.74, 6) is -0.823. The molecule has 0 aliphatic rings. The maximum Gasteiger partial charge on any atom is 0.306 e. The van der Waals surface area contributed by atoms with Crippen molar-refractivity contribution in [1.29, 1.82) is 0 Å². The molecule has 0 aromatic heterocycles. The number of carbonyl (C=O) groups is 2. The first-order valence-electron chi connectivity index (χ1n) is 32.3. The molecule has 0 N–H and O–H groups in total. The summed E-state index contributed by atoms with van der Waals surface area (Å²) in [7, 11) is 1.17. The molecule has 10 heteroatoms. The predicted molar refractivity (Wildman–Crippen MR) is 324 cm³/mol. The molecule has 2 unspecified atom stereocenters. The fourth-order valence-electron chi connectivity index (χ4n) is 9.31. The van der Waals surface area contributed by atoms with Gasteiger partial charge < -0.3 is 27.9 Å². The predicted octanol–water partition coefficient (Wildman–Crippen LogP) is 19.9. The molecule has 0 bridgehead atoms. The first kappa shape index (κ1) is 74.0. The van der Waals surface area contributed by atoms with E-state index in [0.717, 1.165) is 51.4 Å². The number of phosphoric acid groups is 1. The summed E-state index contributed by atoms with van der Waals surface area (Å²) in [4.78, 5) is 38.0. The molecule has 76 heavy (non-hydrogen) atoms. The number of carbonyl (C=O) groups excluding carboxylic acids is 2. The van der Waals surface area contributed by atoms with Crippen LogP contribution in [-0.2, 0) is 32.7 Å². The number of rotatable bonds is 60. The second-order valence-corrected chi connectivity index (χ2v) is 24.5. The van der Waals surface area contributed by atoms with E-state index >= 15 is 0 Å². The summed E-state index contributed by atoms with van der Waals surface area (Å²) in [5.41, 5.74) is 0. The minimum atomic E-state index is -4.64. The fraction of sp³-hybridized carbons (Fsp3) is 0.848. The Labute approximate surface area is 471 Å². The number of allylic oxidation sites excluding steroid dienone is 8. The van der Waals surface area contributed by atoms with Gasteiger partial charge in [-0.05, 0) is 77.0 Å². The zero-order valence-electron chi connectivity index (χ0n) is 50.7. The van der Waals surface area contributed by atoms with Gasteiger partial charge >= 0.3 is 11.9 Å². The lowest BCUT2D eigenvalue weighted by atomic mass is 10.0. The van der Waals surface area contributed by atoms with Gasteiger partial charge in [-0.1, -0.05) is 268 Å². The van der Waals surface area contributed by atoms with Gasteiger partial charge in [-0.15, -0.1) is 0 Å². The molecule has 0 aliphatic carbocycles. The maximum absolute atomic E-state index is 12.8. The van der Waals surface area contributed by atoms with Gasteiger partial charge in [-0.2, -0.15) is 0 Å². The van der Waals surface area contributed by atoms with E-state index in [2.05, 4.69) is 62.5 Å². The zero-order valence-corrected chi connectivity index (χ0v) is 51.6. The minimum Gasteiger partial charge on any atom is -0.756 e. The number of quaternary nitrogens is 1. The van der Waals surface area contributed by atoms with Gasteiger partial charge in [0, 0.05) is 12.8 Å². The molecular formula is C66H124NO8P. The molecule has 0 spiro atoms. The Morgan fingerprint density at radius 2 is 0.711 bits per heavy atom. The second kappa shape index (κ2) is 57.6. The van der Waals surface area contributed by atoms with Crippen LogP contribution in [0.5, 0.6) is 0 Å². The summed E-state index contributed by atoms with van der Waals surface area (Å²) in [6.45, 7) is 4.27. The number of esters is 2. The van der Waals surface area contributed by atoms with Crippen LogP contribution in [0.4, 0.5) is 0 Å². The molecule has 0 radical (unpaired) electrons. The molecule has 0 fully saturated rings. The van der Waals surface area contributed by atoms with Crippen molar-refractivity contribution < 1.29 is 42.1 Å². The highest BCUT2D eigenvalue weighted by atomic mass is 31.2. The Bertz CT molecular complexity index is 1420. The van der Waals surface area contributed by atoms with Crippen molar-refractivity contribution in [3.63, 3.8) is 0 Å². The van der Waals surface area contributed by atoms with Gasteiger partial charge in [-0.3, -0.25) is 14.2 Å². The highest BCUT2D eigenvalue weighted by Gasteiger charge is 2.22. The fourth-order valence-corrected chi connectivity index (χ4v) is 10.0. The Kier molecular flexibility index (Phi) is 56.1. The summed E-state index contributed by atoms with van der Waals surface area (Å²) < 4.78 is 34.3. The van der Waals surface area contributed by atoms with Gasteiger partial charge in [0.1, 0.15) is 19.8 Å². The van der Waals surface area contributed by atoms with E-state index in [1.54, 1.807) is 0 Å². The summed E-state index contributed by atoms with van der Waals surface area (Å²) in [6.07, 6.45) is 73.1. The standard InChI is InChI=1S/C66H124NO8P/c1-6-8-10-12-14-16-18-20-22-24-26-28-30-32-33-35-37-39-41-43-45-47-49-51-53-55-57-59-66(69)75-64(63-74-76(70,71)73-61-60-67(3,4)5)62-72-65(68)58-56-54-52-50-48-46-44-42-40-38-36-34-31-29-27-25-23-21-19-17-15-13-11-9-7-2/h18,20,24-27,30,32,64H,6-17,19,21-23,28-29,31,33-63H2,1-5H3/b20-18-,26-24-,27-25-,32-30-. The SMILES string of the molecule is CCCCCCC/C=C\C/C=C\C/C=C\CCCCCCCCCCCCCCC(=O)OC(COC(=O)CCCCCCCCCCCCCCC/C=C\CCCCCCCCCC)COP(=O)([O-])OCC[N+](C)(C)C. The molecule has 0 heterocycles. The first-order chi connectivity index (χ1) is 37.0. The molecule has 446 valence electrons. The van der Waals surface area contributed by atoms with Crippen LogP contribution in [0, 0.1) is 0 Å². The van der Waals surface area contributed by atoms with Crippen LogP contribution in [0.2, 0.25) is 0 Å². The highest BCUT2D eigenvalue weighted by molar-refractivity contribution is 7.45. The van der Waals surface area contributed by atoms with E-state index in [0.29, 0.717) is 17.4 Å². The average Bonchev–Trinajstić information content (AvgIpc) is 3.38. The molecule has 0 aliphatic heterocycles. The molecular weight excluding hydrogens is 966 g/mol. The Morgan fingerprint density at radius 1 is 0.408 bits per heavy atom. The van der Waals surface area contributed by atoms with Crippen molar-refractivity contribution in [1.82, 2.24) is 0 Å². The third kappa shape index (κ3) is 61.2. The van der Waals surface area contributed by atoms with Crippen molar-refractivity contribution in [2.75, 3.05) is 47.5 Å². The van der Waals surface area contributed by atoms with E-state index in [1.165, 1.54) is 225 Å². The molecule has 2 atom stereocenters. The Hall–Kier alpha value is -2.03. The first-order valence-corrected chi connectivity index (χ1v) is 33.8. The molecule has 0 saturated heterocycles. The van der Waals surface area contributed by atoms with Gasteiger partial charge in [0.05, 0.1) is 27.7 Å². The number of unbranched alkanes of at least 4 members (excludes halogenated alkanes) is 38. The zero-order chi connectivity index (χ0) is 55.6. The van der Waals surface area contributed by atoms with Crippen molar-refractivity contribution in [2.45, 2.75) is 315 Å². The van der Waals surface area contributed by atoms with Crippen LogP contribution < -0.4 is 4.89 Å². The van der Waals surface area contributed by atoms with Crippen LogP contribution in [0.25, 0.3) is 0 Å². The Morgan fingerprint density at radius 3 is 1.07 bits per heavy atom. The van der Waals surface area contributed by atoms with E-state index in [1.807, 2.05) is 21.1 Å². The van der Waals surface area contributed by atoms with Crippen LogP contribution >= 0.6 is 7.82 Å². The lowest BCUT2D eigenvalue weighted by Crippen LogP contribution is -2.37. The topological polar surface area (TPSA) is 111 Å². The highest BCUT2D eigenvalue weighted by Crippen LogP contribution is 2.38. The smallest absolute Gasteiger partial charge is 0.306 e. The second-order valence-electron chi connectivity index (χ2n) is 23.1. The van der Waals surface area contributed by atoms with Crippen molar-refractivity contribution in [3.8, 4) is 0 Å². The van der Waals surface area contributed by atoms with E-state index in [4.69, 9.17) is 18.5 Å². The van der Waals surface area contributed by atoms with Crippen molar-refractivity contribution >= 4 is 19.8 Å². The van der Waals surface area contributed by atoms with Crippen LogP contribution in [-0.4, -0.2) is 70.0 Å². The molecule has 9 nitrogen and oxygen atoms in total. The lowest BCUT2D eigenvalue weighted by molar-refractivity contribution is -0.870. The van der Waals surface area contributed by atoms with Crippen LogP contribution in [0.1, 0.15) is 309 Å². The largest absolute Gasteiger partial charge is 0.756 e. The van der Waals surface area contributed by atoms with Gasteiger partial charge in [0.25, 0.3) is 7.82 Å². The quantitative estimate of drug-likeness (QED) is 0.0195.